The second-order valence-electron chi connectivity index (χ2n) is 8.44. The van der Waals surface area contributed by atoms with Gasteiger partial charge in [-0.3, -0.25) is 4.90 Å². The number of nitrogens with one attached hydrogen (secondary N) is 1. The van der Waals surface area contributed by atoms with Crippen LogP contribution in [0.1, 0.15) is 29.5 Å². The Kier molecular flexibility index (Phi) is 7.42. The van der Waals surface area contributed by atoms with Gasteiger partial charge in [-0.05, 0) is 47.2 Å². The van der Waals surface area contributed by atoms with Crippen molar-refractivity contribution in [1.82, 2.24) is 10.2 Å². The molecule has 0 unspecified atom stereocenters. The van der Waals surface area contributed by atoms with Crippen LogP contribution in [0.4, 0.5) is 0 Å². The van der Waals surface area contributed by atoms with Gasteiger partial charge in [0.1, 0.15) is 12.4 Å². The van der Waals surface area contributed by atoms with E-state index in [1.807, 2.05) is 30.3 Å². The van der Waals surface area contributed by atoms with E-state index in [-0.39, 0.29) is 0 Å². The van der Waals surface area contributed by atoms with Crippen molar-refractivity contribution < 1.29 is 4.74 Å². The van der Waals surface area contributed by atoms with Crippen molar-refractivity contribution in [3.63, 3.8) is 0 Å². The highest BCUT2D eigenvalue weighted by molar-refractivity contribution is 5.78. The van der Waals surface area contributed by atoms with Crippen molar-refractivity contribution in [3.05, 3.63) is 120 Å². The Hall–Kier alpha value is -3.30. The number of benzene rings is 3. The van der Waals surface area contributed by atoms with Gasteiger partial charge in [0.25, 0.3) is 0 Å². The van der Waals surface area contributed by atoms with Crippen molar-refractivity contribution in [3.8, 4) is 5.75 Å². The van der Waals surface area contributed by atoms with E-state index in [1.54, 1.807) is 0 Å². The fourth-order valence-corrected chi connectivity index (χ4v) is 4.14. The lowest BCUT2D eigenvalue weighted by Crippen LogP contribution is -2.42. The van der Waals surface area contributed by atoms with E-state index >= 15 is 0 Å². The minimum Gasteiger partial charge on any atom is -0.487 e. The summed E-state index contributed by atoms with van der Waals surface area (Å²) in [5, 5.41) is 3.56. The quantitative estimate of drug-likeness (QED) is 0.463. The van der Waals surface area contributed by atoms with E-state index in [4.69, 9.17) is 4.74 Å². The molecule has 0 aliphatic carbocycles. The summed E-state index contributed by atoms with van der Waals surface area (Å²) in [6.07, 6.45) is 2.25. The summed E-state index contributed by atoms with van der Waals surface area (Å²) >= 11 is 0. The SMILES string of the molecule is C=C(COc1ccc(C(=C)c2ccccc2)cc1)NC1CCN(Cc2ccccc2)CC1. The number of hydrogen-bond donors (Lipinski definition) is 1. The second kappa shape index (κ2) is 10.8. The van der Waals surface area contributed by atoms with E-state index < -0.39 is 0 Å². The van der Waals surface area contributed by atoms with Gasteiger partial charge in [-0.2, -0.15) is 0 Å². The minimum atomic E-state index is 0.467. The Morgan fingerprint density at radius 1 is 0.812 bits per heavy atom. The zero-order valence-corrected chi connectivity index (χ0v) is 18.7. The number of piperidine rings is 1. The molecule has 1 heterocycles. The molecule has 3 aromatic carbocycles. The summed E-state index contributed by atoms with van der Waals surface area (Å²) in [5.74, 6) is 0.843. The first-order chi connectivity index (χ1) is 15.7. The van der Waals surface area contributed by atoms with Crippen LogP contribution in [-0.4, -0.2) is 30.6 Å². The first kappa shape index (κ1) is 21.9. The van der Waals surface area contributed by atoms with E-state index in [0.29, 0.717) is 12.6 Å². The molecule has 0 aromatic heterocycles. The van der Waals surface area contributed by atoms with Crippen LogP contribution in [0.15, 0.2) is 104 Å². The third kappa shape index (κ3) is 6.12. The van der Waals surface area contributed by atoms with Crippen molar-refractivity contribution >= 4 is 5.57 Å². The summed E-state index contributed by atoms with van der Waals surface area (Å²) < 4.78 is 5.95. The van der Waals surface area contributed by atoms with E-state index in [1.165, 1.54) is 5.56 Å². The third-order valence-electron chi connectivity index (χ3n) is 5.98. The van der Waals surface area contributed by atoms with Crippen LogP contribution in [0.3, 0.4) is 0 Å². The Bertz CT molecular complexity index is 1000. The first-order valence-electron chi connectivity index (χ1n) is 11.4. The molecule has 0 atom stereocenters. The summed E-state index contributed by atoms with van der Waals surface area (Å²) in [6, 6.07) is 29.5. The lowest BCUT2D eigenvalue weighted by molar-refractivity contribution is 0.192. The van der Waals surface area contributed by atoms with Crippen LogP contribution < -0.4 is 10.1 Å². The Morgan fingerprint density at radius 3 is 2.06 bits per heavy atom. The van der Waals surface area contributed by atoms with Crippen LogP contribution in [0, 0.1) is 0 Å². The van der Waals surface area contributed by atoms with Gasteiger partial charge in [-0.25, -0.2) is 0 Å². The van der Waals surface area contributed by atoms with E-state index in [9.17, 15) is 0 Å². The summed E-state index contributed by atoms with van der Waals surface area (Å²) in [7, 11) is 0. The maximum absolute atomic E-state index is 5.95. The largest absolute Gasteiger partial charge is 0.487 e. The molecule has 1 fully saturated rings. The Morgan fingerprint density at radius 2 is 1.41 bits per heavy atom. The molecule has 0 bridgehead atoms. The minimum absolute atomic E-state index is 0.467. The highest BCUT2D eigenvalue weighted by Gasteiger charge is 2.19. The van der Waals surface area contributed by atoms with Gasteiger partial charge in [-0.15, -0.1) is 0 Å². The number of hydrogen-bond acceptors (Lipinski definition) is 3. The zero-order valence-electron chi connectivity index (χ0n) is 18.7. The van der Waals surface area contributed by atoms with Gasteiger partial charge < -0.3 is 10.1 Å². The molecule has 3 heteroatoms. The molecule has 3 nitrogen and oxygen atoms in total. The predicted molar refractivity (Wildman–Crippen MR) is 134 cm³/mol. The molecule has 0 spiro atoms. The van der Waals surface area contributed by atoms with Crippen molar-refractivity contribution in [2.24, 2.45) is 0 Å². The number of rotatable bonds is 9. The van der Waals surface area contributed by atoms with Crippen LogP contribution in [0.2, 0.25) is 0 Å². The van der Waals surface area contributed by atoms with Crippen LogP contribution in [0.5, 0.6) is 5.75 Å². The highest BCUT2D eigenvalue weighted by atomic mass is 16.5. The molecule has 32 heavy (non-hydrogen) atoms. The lowest BCUT2D eigenvalue weighted by atomic mass is 10.00. The second-order valence-corrected chi connectivity index (χ2v) is 8.44. The summed E-state index contributed by atoms with van der Waals surface area (Å²) in [4.78, 5) is 2.53. The van der Waals surface area contributed by atoms with E-state index in [2.05, 4.69) is 78.0 Å². The number of ether oxygens (including phenoxy) is 1. The van der Waals surface area contributed by atoms with E-state index in [0.717, 1.165) is 60.6 Å². The molecule has 164 valence electrons. The summed E-state index contributed by atoms with van der Waals surface area (Å²) in [5.41, 5.74) is 5.57. The van der Waals surface area contributed by atoms with Crippen molar-refractivity contribution in [2.45, 2.75) is 25.4 Å². The monoisotopic (exact) mass is 424 g/mol. The zero-order chi connectivity index (χ0) is 22.2. The lowest BCUT2D eigenvalue weighted by Gasteiger charge is -2.33. The number of nitrogens with zero attached hydrogens (tertiary/aromatic N) is 1. The molecule has 1 aliphatic heterocycles. The molecule has 0 radical (unpaired) electrons. The Labute approximate surface area is 192 Å². The van der Waals surface area contributed by atoms with Gasteiger partial charge in [0.15, 0.2) is 0 Å². The smallest absolute Gasteiger partial charge is 0.127 e. The average Bonchev–Trinajstić information content (AvgIpc) is 2.85. The summed E-state index contributed by atoms with van der Waals surface area (Å²) in [6.45, 7) is 12.1. The van der Waals surface area contributed by atoms with Crippen LogP contribution >= 0.6 is 0 Å². The van der Waals surface area contributed by atoms with Crippen LogP contribution in [0.25, 0.3) is 5.57 Å². The normalized spacial score (nSPS) is 14.6. The molecule has 1 aliphatic rings. The maximum Gasteiger partial charge on any atom is 0.127 e. The molecule has 3 aromatic rings. The van der Waals surface area contributed by atoms with Gasteiger partial charge >= 0.3 is 0 Å². The standard InChI is InChI=1S/C29H32N2O/c1-23(30-28-17-19-31(20-18-28)21-25-9-5-3-6-10-25)22-32-29-15-13-27(14-16-29)24(2)26-11-7-4-8-12-26/h3-16,28,30H,1-2,17-22H2. The predicted octanol–water partition coefficient (Wildman–Crippen LogP) is 5.89. The molecule has 0 amide bonds. The topological polar surface area (TPSA) is 24.5 Å². The average molecular weight is 425 g/mol. The highest BCUT2D eigenvalue weighted by Crippen LogP contribution is 2.23. The van der Waals surface area contributed by atoms with Crippen molar-refractivity contribution in [2.75, 3.05) is 19.7 Å². The van der Waals surface area contributed by atoms with Gasteiger partial charge in [-0.1, -0.05) is 86.0 Å². The fourth-order valence-electron chi connectivity index (χ4n) is 4.14. The molecular formula is C29H32N2O. The van der Waals surface area contributed by atoms with Crippen LogP contribution in [-0.2, 0) is 6.54 Å². The molecule has 0 saturated carbocycles. The van der Waals surface area contributed by atoms with Gasteiger partial charge in [0, 0.05) is 31.4 Å². The van der Waals surface area contributed by atoms with Crippen molar-refractivity contribution in [1.29, 1.82) is 0 Å². The molecule has 1 saturated heterocycles. The maximum atomic E-state index is 5.95. The third-order valence-corrected chi connectivity index (χ3v) is 5.98. The molecule has 4 rings (SSSR count). The molecular weight excluding hydrogens is 392 g/mol. The molecule has 1 N–H and O–H groups in total. The number of likely N-dealkylation sites (tertiary alicyclic amines) is 1. The fraction of sp³-hybridized carbons (Fsp3) is 0.241. The first-order valence-corrected chi connectivity index (χ1v) is 11.4. The van der Waals surface area contributed by atoms with Gasteiger partial charge in [0.2, 0.25) is 0 Å². The van der Waals surface area contributed by atoms with Gasteiger partial charge in [0.05, 0.1) is 0 Å². The Balaban J connectivity index is 1.19.